The monoisotopic (exact) mass is 314 g/mol. The lowest BCUT2D eigenvalue weighted by Crippen LogP contribution is -2.17. The molecule has 0 amide bonds. The van der Waals surface area contributed by atoms with Gasteiger partial charge in [0.25, 0.3) is 0 Å². The van der Waals surface area contributed by atoms with E-state index in [0.29, 0.717) is 5.92 Å². The average Bonchev–Trinajstić information content (AvgIpc) is 2.61. The van der Waals surface area contributed by atoms with Gasteiger partial charge in [-0.2, -0.15) is 0 Å². The molecule has 0 unspecified atom stereocenters. The number of allylic oxidation sites excluding steroid dienone is 1. The molecule has 126 valence electrons. The maximum Gasteiger partial charge on any atom is 0.123 e. The lowest BCUT2D eigenvalue weighted by molar-refractivity contribution is 0.246. The van der Waals surface area contributed by atoms with Crippen LogP contribution in [0.25, 0.3) is 0 Å². The van der Waals surface area contributed by atoms with E-state index in [-0.39, 0.29) is 5.82 Å². The second-order valence-electron chi connectivity index (χ2n) is 7.87. The van der Waals surface area contributed by atoms with Gasteiger partial charge in [0.1, 0.15) is 5.82 Å². The molecule has 0 heterocycles. The van der Waals surface area contributed by atoms with Crippen molar-refractivity contribution in [3.05, 3.63) is 48.3 Å². The Morgan fingerprint density at radius 1 is 0.913 bits per heavy atom. The maximum atomic E-state index is 13.4. The van der Waals surface area contributed by atoms with Crippen LogP contribution < -0.4 is 0 Å². The molecule has 1 heteroatoms. The molecule has 1 aromatic rings. The molecule has 2 aliphatic carbocycles. The van der Waals surface area contributed by atoms with Gasteiger partial charge in [0.15, 0.2) is 0 Å². The van der Waals surface area contributed by atoms with Crippen LogP contribution in [0.15, 0.2) is 36.9 Å². The topological polar surface area (TPSA) is 0 Å². The first-order valence-corrected chi connectivity index (χ1v) is 9.62. The van der Waals surface area contributed by atoms with E-state index in [1.54, 1.807) is 12.1 Å². The molecule has 0 nitrogen and oxygen atoms in total. The highest BCUT2D eigenvalue weighted by Crippen LogP contribution is 2.39. The maximum absolute atomic E-state index is 13.4. The standard InChI is InChI=1S/C22H31F/c1-2-17-6-8-18(9-7-17)10-11-19-12-14-20(15-13-19)21-4-3-5-22(23)16-21/h2-5,16-20H,1,6-15H2. The summed E-state index contributed by atoms with van der Waals surface area (Å²) in [6, 6.07) is 7.25. The van der Waals surface area contributed by atoms with E-state index in [4.69, 9.17) is 0 Å². The van der Waals surface area contributed by atoms with Crippen LogP contribution in [0.3, 0.4) is 0 Å². The van der Waals surface area contributed by atoms with Crippen LogP contribution in [0.4, 0.5) is 4.39 Å². The van der Waals surface area contributed by atoms with Crippen LogP contribution in [0.5, 0.6) is 0 Å². The zero-order valence-corrected chi connectivity index (χ0v) is 14.4. The average molecular weight is 314 g/mol. The van der Waals surface area contributed by atoms with Crippen molar-refractivity contribution in [3.8, 4) is 0 Å². The quantitative estimate of drug-likeness (QED) is 0.520. The zero-order valence-electron chi connectivity index (χ0n) is 14.4. The third-order valence-electron chi connectivity index (χ3n) is 6.37. The minimum atomic E-state index is -0.0836. The van der Waals surface area contributed by atoms with Gasteiger partial charge in [-0.05, 0) is 92.7 Å². The van der Waals surface area contributed by atoms with E-state index in [2.05, 4.69) is 18.7 Å². The molecule has 0 saturated heterocycles. The predicted molar refractivity (Wildman–Crippen MR) is 96.0 cm³/mol. The molecule has 3 rings (SSSR count). The Kier molecular flexibility index (Phi) is 5.91. The summed E-state index contributed by atoms with van der Waals surface area (Å²) in [4.78, 5) is 0. The molecule has 1 aromatic carbocycles. The molecule has 0 atom stereocenters. The van der Waals surface area contributed by atoms with Crippen molar-refractivity contribution in [1.29, 1.82) is 0 Å². The summed E-state index contributed by atoms with van der Waals surface area (Å²) in [6.45, 7) is 3.94. The molecular weight excluding hydrogens is 283 g/mol. The third-order valence-corrected chi connectivity index (χ3v) is 6.37. The lowest BCUT2D eigenvalue weighted by atomic mass is 9.74. The molecule has 0 aromatic heterocycles. The van der Waals surface area contributed by atoms with Crippen molar-refractivity contribution in [2.45, 2.75) is 70.1 Å². The molecule has 2 fully saturated rings. The number of hydrogen-bond acceptors (Lipinski definition) is 0. The molecule has 0 bridgehead atoms. The van der Waals surface area contributed by atoms with Gasteiger partial charge in [-0.25, -0.2) is 4.39 Å². The van der Waals surface area contributed by atoms with Crippen molar-refractivity contribution in [3.63, 3.8) is 0 Å². The van der Waals surface area contributed by atoms with Gasteiger partial charge in [0, 0.05) is 0 Å². The summed E-state index contributed by atoms with van der Waals surface area (Å²) in [5.74, 6) is 3.17. The van der Waals surface area contributed by atoms with Crippen LogP contribution in [0.1, 0.15) is 75.7 Å². The number of benzene rings is 1. The Bertz CT molecular complexity index is 490. The van der Waals surface area contributed by atoms with Crippen LogP contribution in [-0.4, -0.2) is 0 Å². The van der Waals surface area contributed by atoms with Crippen LogP contribution >= 0.6 is 0 Å². The summed E-state index contributed by atoms with van der Waals surface area (Å²) in [6.07, 6.45) is 15.7. The highest BCUT2D eigenvalue weighted by molar-refractivity contribution is 5.21. The molecule has 0 aliphatic heterocycles. The van der Waals surface area contributed by atoms with Crippen LogP contribution in [-0.2, 0) is 0 Å². The molecule has 0 N–H and O–H groups in total. The molecule has 2 saturated carbocycles. The summed E-state index contributed by atoms with van der Waals surface area (Å²) in [7, 11) is 0. The van der Waals surface area contributed by atoms with Gasteiger partial charge >= 0.3 is 0 Å². The Hall–Kier alpha value is -1.11. The second kappa shape index (κ2) is 8.13. The first-order valence-electron chi connectivity index (χ1n) is 9.62. The van der Waals surface area contributed by atoms with E-state index >= 15 is 0 Å². The van der Waals surface area contributed by atoms with E-state index in [9.17, 15) is 4.39 Å². The minimum Gasteiger partial charge on any atom is -0.207 e. The van der Waals surface area contributed by atoms with Gasteiger partial charge in [-0.15, -0.1) is 6.58 Å². The second-order valence-corrected chi connectivity index (χ2v) is 7.87. The Labute approximate surface area is 141 Å². The Morgan fingerprint density at radius 3 is 2.09 bits per heavy atom. The highest BCUT2D eigenvalue weighted by Gasteiger charge is 2.24. The Morgan fingerprint density at radius 2 is 1.52 bits per heavy atom. The summed E-state index contributed by atoms with van der Waals surface area (Å²) < 4.78 is 13.4. The molecule has 0 spiro atoms. The molecule has 0 radical (unpaired) electrons. The van der Waals surface area contributed by atoms with Gasteiger partial charge in [-0.1, -0.05) is 31.1 Å². The number of rotatable bonds is 5. The van der Waals surface area contributed by atoms with E-state index in [0.717, 1.165) is 17.8 Å². The summed E-state index contributed by atoms with van der Waals surface area (Å²) >= 11 is 0. The van der Waals surface area contributed by atoms with Crippen molar-refractivity contribution in [2.75, 3.05) is 0 Å². The number of halogens is 1. The molecule has 2 aliphatic rings. The predicted octanol–water partition coefficient (Wildman–Crippen LogP) is 6.87. The summed E-state index contributed by atoms with van der Waals surface area (Å²) in [5.41, 5.74) is 1.21. The Balaban J connectivity index is 1.39. The van der Waals surface area contributed by atoms with Crippen molar-refractivity contribution >= 4 is 0 Å². The SMILES string of the molecule is C=CC1CCC(CCC2CCC(c3cccc(F)c3)CC2)CC1. The van der Waals surface area contributed by atoms with E-state index < -0.39 is 0 Å². The molecular formula is C22H31F. The zero-order chi connectivity index (χ0) is 16.1. The van der Waals surface area contributed by atoms with Gasteiger partial charge in [0.05, 0.1) is 0 Å². The van der Waals surface area contributed by atoms with E-state index in [1.165, 1.54) is 69.8 Å². The first kappa shape index (κ1) is 16.7. The van der Waals surface area contributed by atoms with Crippen molar-refractivity contribution < 1.29 is 4.39 Å². The fourth-order valence-electron chi connectivity index (χ4n) is 4.73. The van der Waals surface area contributed by atoms with Crippen molar-refractivity contribution in [1.82, 2.24) is 0 Å². The van der Waals surface area contributed by atoms with Gasteiger partial charge in [-0.3, -0.25) is 0 Å². The molecule has 23 heavy (non-hydrogen) atoms. The lowest BCUT2D eigenvalue weighted by Gasteiger charge is -2.31. The minimum absolute atomic E-state index is 0.0836. The number of hydrogen-bond donors (Lipinski definition) is 0. The van der Waals surface area contributed by atoms with Crippen LogP contribution in [0.2, 0.25) is 0 Å². The van der Waals surface area contributed by atoms with Gasteiger partial charge in [0.2, 0.25) is 0 Å². The first-order chi connectivity index (χ1) is 11.2. The van der Waals surface area contributed by atoms with E-state index in [1.807, 2.05) is 6.07 Å². The van der Waals surface area contributed by atoms with Gasteiger partial charge < -0.3 is 0 Å². The fraction of sp³-hybridized carbons (Fsp3) is 0.636. The smallest absolute Gasteiger partial charge is 0.123 e. The fourth-order valence-corrected chi connectivity index (χ4v) is 4.73. The summed E-state index contributed by atoms with van der Waals surface area (Å²) in [5, 5.41) is 0. The van der Waals surface area contributed by atoms with Crippen molar-refractivity contribution in [2.24, 2.45) is 17.8 Å². The van der Waals surface area contributed by atoms with Crippen LogP contribution in [0, 0.1) is 23.6 Å². The normalized spacial score (nSPS) is 31.7. The largest absolute Gasteiger partial charge is 0.207 e. The third kappa shape index (κ3) is 4.68. The highest BCUT2D eigenvalue weighted by atomic mass is 19.1.